The van der Waals surface area contributed by atoms with Crippen molar-refractivity contribution in [3.05, 3.63) is 70.6 Å². The highest BCUT2D eigenvalue weighted by Crippen LogP contribution is 2.18. The molecule has 0 bridgehead atoms. The van der Waals surface area contributed by atoms with Crippen molar-refractivity contribution in [2.24, 2.45) is 0 Å². The molecule has 0 unspecified atom stereocenters. The molecule has 0 N–H and O–H groups in total. The van der Waals surface area contributed by atoms with Gasteiger partial charge in [-0.15, -0.1) is 11.3 Å². The first kappa shape index (κ1) is 17.2. The van der Waals surface area contributed by atoms with E-state index in [1.165, 1.54) is 17.6 Å². The SMILES string of the molecule is CC(C)N(Cc1csc(COc2ccccc2)n1)C(=O)c1ccco1. The van der Waals surface area contributed by atoms with Crippen molar-refractivity contribution in [3.8, 4) is 5.75 Å². The van der Waals surface area contributed by atoms with E-state index in [0.29, 0.717) is 18.9 Å². The molecule has 0 aliphatic heterocycles. The maximum atomic E-state index is 12.6. The number of furan rings is 1. The fourth-order valence-corrected chi connectivity index (χ4v) is 3.05. The molecule has 130 valence electrons. The van der Waals surface area contributed by atoms with E-state index in [2.05, 4.69) is 4.98 Å². The Morgan fingerprint density at radius 1 is 1.24 bits per heavy atom. The first-order chi connectivity index (χ1) is 12.1. The zero-order valence-corrected chi connectivity index (χ0v) is 15.0. The summed E-state index contributed by atoms with van der Waals surface area (Å²) in [6.45, 7) is 4.82. The molecule has 25 heavy (non-hydrogen) atoms. The van der Waals surface area contributed by atoms with E-state index < -0.39 is 0 Å². The quantitative estimate of drug-likeness (QED) is 0.631. The number of carbonyl (C=O) groups is 1. The van der Waals surface area contributed by atoms with E-state index in [-0.39, 0.29) is 11.9 Å². The number of hydrogen-bond donors (Lipinski definition) is 0. The average molecular weight is 356 g/mol. The van der Waals surface area contributed by atoms with E-state index in [4.69, 9.17) is 9.15 Å². The number of benzene rings is 1. The van der Waals surface area contributed by atoms with Gasteiger partial charge in [0.2, 0.25) is 0 Å². The van der Waals surface area contributed by atoms with Crippen LogP contribution in [0.3, 0.4) is 0 Å². The molecule has 3 rings (SSSR count). The summed E-state index contributed by atoms with van der Waals surface area (Å²) in [6, 6.07) is 13.1. The standard InChI is InChI=1S/C19H20N2O3S/c1-14(2)21(19(22)17-9-6-10-23-17)11-15-13-25-18(20-15)12-24-16-7-4-3-5-8-16/h3-10,13-14H,11-12H2,1-2H3. The third-order valence-corrected chi connectivity index (χ3v) is 4.52. The van der Waals surface area contributed by atoms with Crippen LogP contribution in [0.4, 0.5) is 0 Å². The Morgan fingerprint density at radius 3 is 2.72 bits per heavy atom. The Labute approximate surface area is 150 Å². The molecule has 6 heteroatoms. The maximum Gasteiger partial charge on any atom is 0.290 e. The number of rotatable bonds is 7. The molecule has 0 radical (unpaired) electrons. The first-order valence-electron chi connectivity index (χ1n) is 8.09. The summed E-state index contributed by atoms with van der Waals surface area (Å²) >= 11 is 1.53. The second-order valence-electron chi connectivity index (χ2n) is 5.84. The maximum absolute atomic E-state index is 12.6. The molecule has 1 amide bonds. The molecule has 0 atom stereocenters. The highest BCUT2D eigenvalue weighted by Gasteiger charge is 2.22. The monoisotopic (exact) mass is 356 g/mol. The van der Waals surface area contributed by atoms with Gasteiger partial charge in [0.05, 0.1) is 18.5 Å². The number of para-hydroxylation sites is 1. The van der Waals surface area contributed by atoms with Gasteiger partial charge in [-0.25, -0.2) is 4.98 Å². The molecule has 0 fully saturated rings. The lowest BCUT2D eigenvalue weighted by molar-refractivity contribution is 0.0655. The summed E-state index contributed by atoms with van der Waals surface area (Å²) in [7, 11) is 0. The van der Waals surface area contributed by atoms with E-state index in [0.717, 1.165) is 16.5 Å². The van der Waals surface area contributed by atoms with E-state index in [1.807, 2.05) is 49.6 Å². The van der Waals surface area contributed by atoms with Crippen LogP contribution in [0.5, 0.6) is 5.75 Å². The van der Waals surface area contributed by atoms with Gasteiger partial charge < -0.3 is 14.1 Å². The van der Waals surface area contributed by atoms with Gasteiger partial charge in [0.15, 0.2) is 5.76 Å². The summed E-state index contributed by atoms with van der Waals surface area (Å²) < 4.78 is 10.9. The van der Waals surface area contributed by atoms with Crippen LogP contribution in [0.1, 0.15) is 35.1 Å². The third kappa shape index (κ3) is 4.48. The van der Waals surface area contributed by atoms with Gasteiger partial charge >= 0.3 is 0 Å². The minimum Gasteiger partial charge on any atom is -0.486 e. The number of thiazole rings is 1. The predicted molar refractivity (Wildman–Crippen MR) is 96.6 cm³/mol. The fraction of sp³-hybridized carbons (Fsp3) is 0.263. The van der Waals surface area contributed by atoms with Gasteiger partial charge in [-0.05, 0) is 38.1 Å². The molecular weight excluding hydrogens is 336 g/mol. The van der Waals surface area contributed by atoms with Crippen molar-refractivity contribution in [2.45, 2.75) is 33.0 Å². The Morgan fingerprint density at radius 2 is 2.04 bits per heavy atom. The summed E-state index contributed by atoms with van der Waals surface area (Å²) in [5, 5.41) is 2.85. The smallest absolute Gasteiger partial charge is 0.290 e. The Kier molecular flexibility index (Phi) is 5.50. The van der Waals surface area contributed by atoms with Crippen LogP contribution in [0.15, 0.2) is 58.5 Å². The van der Waals surface area contributed by atoms with Crippen molar-refractivity contribution >= 4 is 17.2 Å². The first-order valence-corrected chi connectivity index (χ1v) is 8.97. The normalized spacial score (nSPS) is 10.8. The minimum atomic E-state index is -0.130. The molecule has 5 nitrogen and oxygen atoms in total. The van der Waals surface area contributed by atoms with Crippen molar-refractivity contribution in [3.63, 3.8) is 0 Å². The Hall–Kier alpha value is -2.60. The van der Waals surface area contributed by atoms with Crippen LogP contribution in [0.2, 0.25) is 0 Å². The molecule has 0 aliphatic rings. The Bertz CT molecular complexity index is 797. The summed E-state index contributed by atoms with van der Waals surface area (Å²) in [6.07, 6.45) is 1.51. The average Bonchev–Trinajstić information content (AvgIpc) is 3.30. The van der Waals surface area contributed by atoms with Gasteiger partial charge in [0, 0.05) is 11.4 Å². The molecular formula is C19H20N2O3S. The van der Waals surface area contributed by atoms with Crippen LogP contribution in [0.25, 0.3) is 0 Å². The number of amides is 1. The van der Waals surface area contributed by atoms with Crippen LogP contribution in [0, 0.1) is 0 Å². The molecule has 0 spiro atoms. The number of carbonyl (C=O) groups excluding carboxylic acids is 1. The lowest BCUT2D eigenvalue weighted by atomic mass is 10.2. The largest absolute Gasteiger partial charge is 0.486 e. The predicted octanol–water partition coefficient (Wildman–Crippen LogP) is 4.37. The molecule has 0 saturated heterocycles. The van der Waals surface area contributed by atoms with Crippen molar-refractivity contribution < 1.29 is 13.9 Å². The van der Waals surface area contributed by atoms with Gasteiger partial charge in [-0.2, -0.15) is 0 Å². The zero-order chi connectivity index (χ0) is 17.6. The van der Waals surface area contributed by atoms with Gasteiger partial charge in [0.1, 0.15) is 17.4 Å². The number of nitrogens with zero attached hydrogens (tertiary/aromatic N) is 2. The zero-order valence-electron chi connectivity index (χ0n) is 14.2. The van der Waals surface area contributed by atoms with Crippen molar-refractivity contribution in [1.29, 1.82) is 0 Å². The highest BCUT2D eigenvalue weighted by atomic mass is 32.1. The van der Waals surface area contributed by atoms with Crippen molar-refractivity contribution in [2.75, 3.05) is 0 Å². The molecule has 2 aromatic heterocycles. The van der Waals surface area contributed by atoms with Crippen LogP contribution < -0.4 is 4.74 Å². The fourth-order valence-electron chi connectivity index (χ4n) is 2.35. The van der Waals surface area contributed by atoms with Crippen LogP contribution in [-0.2, 0) is 13.2 Å². The van der Waals surface area contributed by atoms with E-state index in [1.54, 1.807) is 17.0 Å². The minimum absolute atomic E-state index is 0.0447. The van der Waals surface area contributed by atoms with Crippen molar-refractivity contribution in [1.82, 2.24) is 9.88 Å². The van der Waals surface area contributed by atoms with E-state index >= 15 is 0 Å². The number of aromatic nitrogens is 1. The molecule has 3 aromatic rings. The molecule has 2 heterocycles. The molecule has 1 aromatic carbocycles. The molecule has 0 saturated carbocycles. The van der Waals surface area contributed by atoms with Gasteiger partial charge in [-0.3, -0.25) is 4.79 Å². The lowest BCUT2D eigenvalue weighted by Crippen LogP contribution is -2.36. The molecule has 0 aliphatic carbocycles. The third-order valence-electron chi connectivity index (χ3n) is 3.65. The summed E-state index contributed by atoms with van der Waals surface area (Å²) in [4.78, 5) is 18.9. The van der Waals surface area contributed by atoms with E-state index in [9.17, 15) is 4.79 Å². The number of hydrogen-bond acceptors (Lipinski definition) is 5. The van der Waals surface area contributed by atoms with Crippen LogP contribution in [-0.4, -0.2) is 21.8 Å². The second kappa shape index (κ2) is 7.98. The highest BCUT2D eigenvalue weighted by molar-refractivity contribution is 7.09. The van der Waals surface area contributed by atoms with Crippen LogP contribution >= 0.6 is 11.3 Å². The summed E-state index contributed by atoms with van der Waals surface area (Å²) in [5.74, 6) is 1.03. The topological polar surface area (TPSA) is 55.6 Å². The Balaban J connectivity index is 1.63. The lowest BCUT2D eigenvalue weighted by Gasteiger charge is -2.24. The summed E-state index contributed by atoms with van der Waals surface area (Å²) in [5.41, 5.74) is 0.852. The number of ether oxygens (including phenoxy) is 1. The second-order valence-corrected chi connectivity index (χ2v) is 6.78. The van der Waals surface area contributed by atoms with Gasteiger partial charge in [0.25, 0.3) is 5.91 Å². The van der Waals surface area contributed by atoms with Gasteiger partial charge in [-0.1, -0.05) is 18.2 Å².